The Kier molecular flexibility index (Phi) is 9.21. The van der Waals surface area contributed by atoms with Crippen LogP contribution in [0.3, 0.4) is 0 Å². The highest BCUT2D eigenvalue weighted by atomic mass is 35.5. The average Bonchev–Trinajstić information content (AvgIpc) is 2.86. The van der Waals surface area contributed by atoms with Gasteiger partial charge in [-0.2, -0.15) is 0 Å². The van der Waals surface area contributed by atoms with Crippen LogP contribution in [0, 0.1) is 5.92 Å². The van der Waals surface area contributed by atoms with E-state index in [1.165, 1.54) is 19.2 Å². The number of anilines is 1. The van der Waals surface area contributed by atoms with Crippen molar-refractivity contribution < 1.29 is 29.0 Å². The van der Waals surface area contributed by atoms with Crippen LogP contribution in [-0.2, 0) is 14.3 Å². The summed E-state index contributed by atoms with van der Waals surface area (Å²) >= 11 is 6.12. The number of halogens is 1. The molecule has 0 spiro atoms. The molecule has 2 fully saturated rings. The van der Waals surface area contributed by atoms with Gasteiger partial charge in [-0.05, 0) is 31.7 Å². The molecule has 1 aromatic carbocycles. The van der Waals surface area contributed by atoms with E-state index in [1.54, 1.807) is 12.0 Å². The largest absolute Gasteiger partial charge is 0.496 e. The van der Waals surface area contributed by atoms with Crippen molar-refractivity contribution in [2.45, 2.75) is 50.8 Å². The van der Waals surface area contributed by atoms with Gasteiger partial charge in [-0.25, -0.2) is 0 Å². The Morgan fingerprint density at radius 3 is 2.46 bits per heavy atom. The molecule has 0 aliphatic carbocycles. The molecule has 0 aromatic heterocycles. The van der Waals surface area contributed by atoms with E-state index >= 15 is 0 Å². The normalized spacial score (nSPS) is 22.5. The maximum absolute atomic E-state index is 13.3. The predicted octanol–water partition coefficient (Wildman–Crippen LogP) is 1.85. The quantitative estimate of drug-likeness (QED) is 0.451. The Balaban J connectivity index is 1.64. The summed E-state index contributed by atoms with van der Waals surface area (Å²) in [5.41, 5.74) is 6.43. The van der Waals surface area contributed by atoms with Gasteiger partial charge in [-0.3, -0.25) is 19.3 Å². The van der Waals surface area contributed by atoms with Crippen LogP contribution < -0.4 is 15.8 Å². The van der Waals surface area contributed by atoms with Gasteiger partial charge < -0.3 is 30.5 Å². The molecule has 0 radical (unpaired) electrons. The van der Waals surface area contributed by atoms with Crippen molar-refractivity contribution >= 4 is 35.1 Å². The molecule has 2 heterocycles. The number of ether oxygens (including phenoxy) is 2. The van der Waals surface area contributed by atoms with Crippen LogP contribution in [0.2, 0.25) is 5.02 Å². The molecule has 2 amide bonds. The Hall–Kier alpha value is -2.56. The summed E-state index contributed by atoms with van der Waals surface area (Å²) in [4.78, 5) is 41.4. The number of amides is 2. The second kappa shape index (κ2) is 11.9. The van der Waals surface area contributed by atoms with Crippen LogP contribution in [0.4, 0.5) is 5.69 Å². The molecule has 11 heteroatoms. The first-order valence-corrected chi connectivity index (χ1v) is 12.3. The summed E-state index contributed by atoms with van der Waals surface area (Å²) < 4.78 is 11.0. The van der Waals surface area contributed by atoms with Gasteiger partial charge in [-0.15, -0.1) is 0 Å². The number of hydrogen-bond acceptors (Lipinski definition) is 7. The first kappa shape index (κ1) is 27.0. The van der Waals surface area contributed by atoms with Crippen molar-refractivity contribution in [1.29, 1.82) is 0 Å². The van der Waals surface area contributed by atoms with Gasteiger partial charge in [0.25, 0.3) is 5.91 Å². The zero-order valence-electron chi connectivity index (χ0n) is 20.5. The molecule has 35 heavy (non-hydrogen) atoms. The minimum Gasteiger partial charge on any atom is -0.496 e. The summed E-state index contributed by atoms with van der Waals surface area (Å²) in [6.45, 7) is 3.98. The minimum absolute atomic E-state index is 0.0231. The molecule has 2 aliphatic heterocycles. The fourth-order valence-electron chi connectivity index (χ4n) is 4.94. The third-order valence-electron chi connectivity index (χ3n) is 7.04. The summed E-state index contributed by atoms with van der Waals surface area (Å²) in [6, 6.07) is 2.43. The lowest BCUT2D eigenvalue weighted by Crippen LogP contribution is -2.60. The Bertz CT molecular complexity index is 937. The van der Waals surface area contributed by atoms with E-state index in [4.69, 9.17) is 26.8 Å². The molecular formula is C24H35ClN4O6. The molecule has 3 atom stereocenters. The van der Waals surface area contributed by atoms with Gasteiger partial charge in [0.2, 0.25) is 5.91 Å². The SMILES string of the molecule is CCC(C(=O)N1CCC(C(=O)O)CC1)N1CC[C@@H](NC(=O)c2cc(Cl)c(N)cc2OC)[C@@H](OC)C1. The third-order valence-corrected chi connectivity index (χ3v) is 7.37. The fourth-order valence-corrected chi connectivity index (χ4v) is 5.10. The Labute approximate surface area is 210 Å². The molecular weight excluding hydrogens is 476 g/mol. The van der Waals surface area contributed by atoms with E-state index in [1.807, 2.05) is 6.92 Å². The number of rotatable bonds is 8. The number of benzene rings is 1. The van der Waals surface area contributed by atoms with Crippen molar-refractivity contribution in [3.05, 3.63) is 22.7 Å². The van der Waals surface area contributed by atoms with E-state index in [0.29, 0.717) is 63.3 Å². The van der Waals surface area contributed by atoms with E-state index < -0.39 is 5.97 Å². The van der Waals surface area contributed by atoms with Gasteiger partial charge >= 0.3 is 5.97 Å². The van der Waals surface area contributed by atoms with Gasteiger partial charge in [-0.1, -0.05) is 18.5 Å². The molecule has 0 bridgehead atoms. The lowest BCUT2D eigenvalue weighted by Gasteiger charge is -2.43. The molecule has 2 aliphatic rings. The summed E-state index contributed by atoms with van der Waals surface area (Å²) in [6.07, 6.45) is 1.87. The number of nitrogens with two attached hydrogens (primary N) is 1. The summed E-state index contributed by atoms with van der Waals surface area (Å²) in [5.74, 6) is -1.16. The van der Waals surface area contributed by atoms with Gasteiger partial charge in [0.15, 0.2) is 0 Å². The van der Waals surface area contributed by atoms with Crippen LogP contribution in [-0.4, -0.2) is 91.3 Å². The zero-order chi connectivity index (χ0) is 25.7. The first-order chi connectivity index (χ1) is 16.7. The van der Waals surface area contributed by atoms with Crippen molar-refractivity contribution in [2.24, 2.45) is 5.92 Å². The number of carboxylic acid groups (broad SMARTS) is 1. The van der Waals surface area contributed by atoms with Gasteiger partial charge in [0.1, 0.15) is 5.75 Å². The lowest BCUT2D eigenvalue weighted by atomic mass is 9.95. The van der Waals surface area contributed by atoms with Gasteiger partial charge in [0.05, 0.1) is 47.5 Å². The van der Waals surface area contributed by atoms with Crippen LogP contribution >= 0.6 is 11.6 Å². The third kappa shape index (κ3) is 6.17. The number of nitrogens with zero attached hydrogens (tertiary/aromatic N) is 2. The molecule has 3 rings (SSSR count). The fraction of sp³-hybridized carbons (Fsp3) is 0.625. The highest BCUT2D eigenvalue weighted by Crippen LogP contribution is 2.29. The van der Waals surface area contributed by atoms with Crippen molar-refractivity contribution in [1.82, 2.24) is 15.1 Å². The van der Waals surface area contributed by atoms with E-state index in [2.05, 4.69) is 10.2 Å². The zero-order valence-corrected chi connectivity index (χ0v) is 21.2. The number of hydrogen-bond donors (Lipinski definition) is 3. The Morgan fingerprint density at radius 1 is 1.20 bits per heavy atom. The van der Waals surface area contributed by atoms with E-state index in [0.717, 1.165) is 0 Å². The molecule has 0 saturated carbocycles. The Morgan fingerprint density at radius 2 is 1.89 bits per heavy atom. The number of carbonyl (C=O) groups excluding carboxylic acids is 2. The molecule has 1 unspecified atom stereocenters. The van der Waals surface area contributed by atoms with Crippen molar-refractivity contribution in [2.75, 3.05) is 46.1 Å². The van der Waals surface area contributed by atoms with E-state index in [-0.39, 0.29) is 46.5 Å². The van der Waals surface area contributed by atoms with Crippen LogP contribution in [0.1, 0.15) is 43.0 Å². The van der Waals surface area contributed by atoms with Crippen LogP contribution in [0.5, 0.6) is 5.75 Å². The maximum Gasteiger partial charge on any atom is 0.306 e. The summed E-state index contributed by atoms with van der Waals surface area (Å²) in [5, 5.41) is 12.5. The molecule has 194 valence electrons. The lowest BCUT2D eigenvalue weighted by molar-refractivity contribution is -0.148. The predicted molar refractivity (Wildman–Crippen MR) is 132 cm³/mol. The van der Waals surface area contributed by atoms with Gasteiger partial charge in [0, 0.05) is 39.4 Å². The number of aliphatic carboxylic acids is 1. The van der Waals surface area contributed by atoms with Crippen molar-refractivity contribution in [3.8, 4) is 5.75 Å². The van der Waals surface area contributed by atoms with Crippen LogP contribution in [0.25, 0.3) is 0 Å². The second-order valence-electron chi connectivity index (χ2n) is 9.07. The smallest absolute Gasteiger partial charge is 0.306 e. The average molecular weight is 511 g/mol. The standard InChI is InChI=1S/C24H35ClN4O6/c1-4-19(23(31)28-8-5-14(6-9-28)24(32)33)29-10-7-18(21(13-29)35-3)27-22(30)15-11-16(25)17(26)12-20(15)34-2/h11-12,14,18-19,21H,4-10,13,26H2,1-3H3,(H,27,30)(H,32,33)/t18-,19?,21+/m1/s1. The highest BCUT2D eigenvalue weighted by molar-refractivity contribution is 6.33. The second-order valence-corrected chi connectivity index (χ2v) is 9.48. The number of carbonyl (C=O) groups is 3. The molecule has 1 aromatic rings. The monoisotopic (exact) mass is 510 g/mol. The topological polar surface area (TPSA) is 134 Å². The molecule has 4 N–H and O–H groups in total. The van der Waals surface area contributed by atoms with E-state index in [9.17, 15) is 19.5 Å². The van der Waals surface area contributed by atoms with Crippen LogP contribution in [0.15, 0.2) is 12.1 Å². The number of nitrogens with one attached hydrogen (secondary N) is 1. The molecule has 10 nitrogen and oxygen atoms in total. The maximum atomic E-state index is 13.3. The molecule has 2 saturated heterocycles. The number of carboxylic acids is 1. The first-order valence-electron chi connectivity index (χ1n) is 11.9. The number of methoxy groups -OCH3 is 2. The number of nitrogen functional groups attached to an aromatic ring is 1. The summed E-state index contributed by atoms with van der Waals surface area (Å²) in [7, 11) is 3.05. The highest BCUT2D eigenvalue weighted by Gasteiger charge is 2.38. The number of piperidine rings is 2. The van der Waals surface area contributed by atoms with Crippen molar-refractivity contribution in [3.63, 3.8) is 0 Å². The minimum atomic E-state index is -0.796. The number of likely N-dealkylation sites (tertiary alicyclic amines) is 2.